The van der Waals surface area contributed by atoms with Gasteiger partial charge in [-0.15, -0.1) is 0 Å². The van der Waals surface area contributed by atoms with Gasteiger partial charge in [-0.1, -0.05) is 6.07 Å². The fourth-order valence-electron chi connectivity index (χ4n) is 3.50. The summed E-state index contributed by atoms with van der Waals surface area (Å²) in [4.78, 5) is 14.7. The Balaban J connectivity index is 1.70. The number of amides is 1. The zero-order chi connectivity index (χ0) is 18.1. The first kappa shape index (κ1) is 17.9. The predicted octanol–water partition coefficient (Wildman–Crippen LogP) is 4.16. The van der Waals surface area contributed by atoms with Crippen molar-refractivity contribution in [3.8, 4) is 0 Å². The Morgan fingerprint density at radius 3 is 2.52 bits per heavy atom. The average molecular weight is 359 g/mol. The summed E-state index contributed by atoms with van der Waals surface area (Å²) in [6.07, 6.45) is 1.84. The second-order valence-electron chi connectivity index (χ2n) is 7.22. The summed E-state index contributed by atoms with van der Waals surface area (Å²) in [7, 11) is 0. The molecule has 134 valence electrons. The number of aryl methyl sites for hydroxylation is 2. The first-order valence-electron chi connectivity index (χ1n) is 8.91. The maximum Gasteiger partial charge on any atom is 0.253 e. The number of aromatic nitrogens is 3. The number of aromatic amines is 1. The number of rotatable bonds is 3. The van der Waals surface area contributed by atoms with Gasteiger partial charge in [0, 0.05) is 30.6 Å². The van der Waals surface area contributed by atoms with E-state index in [1.807, 2.05) is 30.0 Å². The molecule has 1 aliphatic rings. The molecule has 1 N–H and O–H groups in total. The maximum atomic E-state index is 12.8. The zero-order valence-electron chi connectivity index (χ0n) is 15.4. The maximum absolute atomic E-state index is 12.8. The molecule has 1 amide bonds. The van der Waals surface area contributed by atoms with Crippen molar-refractivity contribution in [3.05, 3.63) is 45.5 Å². The van der Waals surface area contributed by atoms with Gasteiger partial charge in [0.2, 0.25) is 0 Å². The average Bonchev–Trinajstić information content (AvgIpc) is 2.98. The zero-order valence-corrected chi connectivity index (χ0v) is 16.2. The summed E-state index contributed by atoms with van der Waals surface area (Å²) in [6.45, 7) is 9.87. The molecule has 0 bridgehead atoms. The van der Waals surface area contributed by atoms with Crippen molar-refractivity contribution in [3.63, 3.8) is 0 Å². The minimum atomic E-state index is 0.129. The molecule has 2 aromatic rings. The molecule has 2 heterocycles. The van der Waals surface area contributed by atoms with Crippen LogP contribution in [0.5, 0.6) is 0 Å². The number of benzene rings is 1. The fourth-order valence-corrected chi connectivity index (χ4v) is 3.85. The van der Waals surface area contributed by atoms with Crippen molar-refractivity contribution >= 4 is 18.1 Å². The van der Waals surface area contributed by atoms with E-state index in [0.717, 1.165) is 42.9 Å². The molecule has 1 aliphatic heterocycles. The molecule has 6 heteroatoms. The monoisotopic (exact) mass is 358 g/mol. The van der Waals surface area contributed by atoms with Gasteiger partial charge in [-0.05, 0) is 76.0 Å². The Hall–Kier alpha value is -1.95. The molecule has 0 atom stereocenters. The van der Waals surface area contributed by atoms with Gasteiger partial charge in [0.15, 0.2) is 4.77 Å². The quantitative estimate of drug-likeness (QED) is 0.838. The van der Waals surface area contributed by atoms with Crippen LogP contribution in [0.2, 0.25) is 0 Å². The van der Waals surface area contributed by atoms with E-state index in [1.54, 1.807) is 0 Å². The number of hydrogen-bond donors (Lipinski definition) is 1. The summed E-state index contributed by atoms with van der Waals surface area (Å²) >= 11 is 5.35. The highest BCUT2D eigenvalue weighted by atomic mass is 32.1. The summed E-state index contributed by atoms with van der Waals surface area (Å²) in [5, 5.41) is 7.37. The van der Waals surface area contributed by atoms with Crippen LogP contribution < -0.4 is 0 Å². The van der Waals surface area contributed by atoms with Crippen LogP contribution in [0.15, 0.2) is 18.2 Å². The number of likely N-dealkylation sites (tertiary alicyclic amines) is 1. The van der Waals surface area contributed by atoms with Crippen LogP contribution in [0.4, 0.5) is 0 Å². The van der Waals surface area contributed by atoms with Crippen LogP contribution in [0, 0.1) is 18.6 Å². The Morgan fingerprint density at radius 1 is 1.24 bits per heavy atom. The largest absolute Gasteiger partial charge is 0.339 e. The smallest absolute Gasteiger partial charge is 0.253 e. The minimum absolute atomic E-state index is 0.129. The molecule has 1 fully saturated rings. The van der Waals surface area contributed by atoms with Crippen LogP contribution in [0.1, 0.15) is 66.0 Å². The van der Waals surface area contributed by atoms with Crippen LogP contribution in [-0.4, -0.2) is 38.7 Å². The number of carbonyl (C=O) groups is 1. The van der Waals surface area contributed by atoms with Gasteiger partial charge >= 0.3 is 0 Å². The molecule has 5 nitrogen and oxygen atoms in total. The number of nitrogens with zero attached hydrogens (tertiary/aromatic N) is 3. The molecule has 1 saturated heterocycles. The summed E-state index contributed by atoms with van der Waals surface area (Å²) in [6, 6.07) is 6.24. The summed E-state index contributed by atoms with van der Waals surface area (Å²) < 4.78 is 2.78. The SMILES string of the molecule is Cc1ccc(C(=O)N2CCC(c3n[nH]c(=S)n3C(C)C)CC2)cc1C. The van der Waals surface area contributed by atoms with E-state index in [4.69, 9.17) is 12.2 Å². The van der Waals surface area contributed by atoms with Gasteiger partial charge in [-0.3, -0.25) is 9.89 Å². The van der Waals surface area contributed by atoms with Gasteiger partial charge in [-0.2, -0.15) is 5.10 Å². The molecule has 0 unspecified atom stereocenters. The molecule has 3 rings (SSSR count). The third-order valence-corrected chi connectivity index (χ3v) is 5.44. The lowest BCUT2D eigenvalue weighted by atomic mass is 9.95. The Kier molecular flexibility index (Phi) is 5.08. The van der Waals surface area contributed by atoms with Gasteiger partial charge < -0.3 is 9.47 Å². The molecule has 25 heavy (non-hydrogen) atoms. The lowest BCUT2D eigenvalue weighted by Crippen LogP contribution is -2.38. The second-order valence-corrected chi connectivity index (χ2v) is 7.60. The lowest BCUT2D eigenvalue weighted by molar-refractivity contribution is 0.0710. The van der Waals surface area contributed by atoms with Gasteiger partial charge in [-0.25, -0.2) is 0 Å². The molecular formula is C19H26N4OS. The standard InChI is InChI=1S/C19H26N4OS/c1-12(2)23-17(20-21-19(23)25)15-7-9-22(10-8-15)18(24)16-6-5-13(3)14(4)11-16/h5-6,11-12,15H,7-10H2,1-4H3,(H,21,25). The first-order valence-corrected chi connectivity index (χ1v) is 9.32. The van der Waals surface area contributed by atoms with Crippen molar-refractivity contribution < 1.29 is 4.79 Å². The fraction of sp³-hybridized carbons (Fsp3) is 0.526. The molecule has 1 aromatic heterocycles. The summed E-state index contributed by atoms with van der Waals surface area (Å²) in [5.41, 5.74) is 3.16. The Labute approximate surface area is 154 Å². The van der Waals surface area contributed by atoms with Crippen molar-refractivity contribution in [2.75, 3.05) is 13.1 Å². The predicted molar refractivity (Wildman–Crippen MR) is 102 cm³/mol. The Morgan fingerprint density at radius 2 is 1.92 bits per heavy atom. The van der Waals surface area contributed by atoms with E-state index < -0.39 is 0 Å². The highest BCUT2D eigenvalue weighted by Crippen LogP contribution is 2.29. The second kappa shape index (κ2) is 7.12. The third kappa shape index (κ3) is 3.54. The van der Waals surface area contributed by atoms with Crippen molar-refractivity contribution in [2.45, 2.75) is 52.5 Å². The van der Waals surface area contributed by atoms with Crippen LogP contribution in [0.3, 0.4) is 0 Å². The molecule has 0 aliphatic carbocycles. The number of piperidine rings is 1. The van der Waals surface area contributed by atoms with Gasteiger partial charge in [0.1, 0.15) is 5.82 Å². The van der Waals surface area contributed by atoms with Crippen molar-refractivity contribution in [2.24, 2.45) is 0 Å². The van der Waals surface area contributed by atoms with E-state index in [-0.39, 0.29) is 11.9 Å². The van der Waals surface area contributed by atoms with E-state index in [0.29, 0.717) is 10.7 Å². The lowest BCUT2D eigenvalue weighted by Gasteiger charge is -2.32. The number of H-pyrrole nitrogens is 1. The first-order chi connectivity index (χ1) is 11.9. The Bertz CT molecular complexity index is 828. The molecule has 0 saturated carbocycles. The van der Waals surface area contributed by atoms with E-state index >= 15 is 0 Å². The van der Waals surface area contributed by atoms with E-state index in [2.05, 4.69) is 35.5 Å². The normalized spacial score (nSPS) is 15.8. The van der Waals surface area contributed by atoms with Crippen molar-refractivity contribution in [1.29, 1.82) is 0 Å². The van der Waals surface area contributed by atoms with E-state index in [9.17, 15) is 4.79 Å². The minimum Gasteiger partial charge on any atom is -0.339 e. The van der Waals surface area contributed by atoms with Gasteiger partial charge in [0.05, 0.1) is 0 Å². The van der Waals surface area contributed by atoms with Crippen LogP contribution in [-0.2, 0) is 0 Å². The molecule has 1 aromatic carbocycles. The van der Waals surface area contributed by atoms with Crippen LogP contribution in [0.25, 0.3) is 0 Å². The van der Waals surface area contributed by atoms with E-state index in [1.165, 1.54) is 5.56 Å². The van der Waals surface area contributed by atoms with Gasteiger partial charge in [0.25, 0.3) is 5.91 Å². The summed E-state index contributed by atoms with van der Waals surface area (Å²) in [5.74, 6) is 1.50. The highest BCUT2D eigenvalue weighted by molar-refractivity contribution is 7.71. The number of hydrogen-bond acceptors (Lipinski definition) is 3. The molecular weight excluding hydrogens is 332 g/mol. The highest BCUT2D eigenvalue weighted by Gasteiger charge is 2.28. The topological polar surface area (TPSA) is 53.9 Å². The van der Waals surface area contributed by atoms with Crippen molar-refractivity contribution in [1.82, 2.24) is 19.7 Å². The number of nitrogens with one attached hydrogen (secondary N) is 1. The molecule has 0 spiro atoms. The van der Waals surface area contributed by atoms with Crippen LogP contribution >= 0.6 is 12.2 Å². The third-order valence-electron chi connectivity index (χ3n) is 5.15. The molecule has 0 radical (unpaired) electrons. The number of carbonyl (C=O) groups excluding carboxylic acids is 1.